The predicted molar refractivity (Wildman–Crippen MR) is 155 cm³/mol. The first-order valence-corrected chi connectivity index (χ1v) is 13.3. The van der Waals surface area contributed by atoms with E-state index in [9.17, 15) is 9.59 Å². The third-order valence-electron chi connectivity index (χ3n) is 7.54. The van der Waals surface area contributed by atoms with Crippen molar-refractivity contribution in [1.82, 2.24) is 4.57 Å². The number of anilines is 3. The largest absolute Gasteiger partial charge is 0.495 e. The van der Waals surface area contributed by atoms with Gasteiger partial charge in [0.15, 0.2) is 5.54 Å². The molecule has 3 aromatic carbocycles. The molecule has 198 valence electrons. The first kappa shape index (κ1) is 25.3. The summed E-state index contributed by atoms with van der Waals surface area (Å²) in [6.07, 6.45) is 1.78. The Bertz CT molecular complexity index is 1710. The number of nitrogens with two attached hydrogens (primary N) is 1. The van der Waals surface area contributed by atoms with Crippen LogP contribution >= 0.6 is 23.2 Å². The van der Waals surface area contributed by atoms with Crippen molar-refractivity contribution in [2.45, 2.75) is 32.2 Å². The van der Waals surface area contributed by atoms with Crippen molar-refractivity contribution in [2.75, 3.05) is 23.1 Å². The van der Waals surface area contributed by atoms with Crippen molar-refractivity contribution in [3.05, 3.63) is 98.8 Å². The molecule has 0 bridgehead atoms. The molecule has 2 amide bonds. The maximum Gasteiger partial charge on any atom is 0.261 e. The molecule has 2 aliphatic rings. The Morgan fingerprint density at radius 1 is 0.974 bits per heavy atom. The van der Waals surface area contributed by atoms with E-state index in [2.05, 4.69) is 5.32 Å². The number of methoxy groups -OCH3 is 1. The van der Waals surface area contributed by atoms with Crippen LogP contribution < -0.4 is 20.7 Å². The number of rotatable bonds is 4. The zero-order valence-electron chi connectivity index (χ0n) is 21.8. The number of carbonyl (C=O) groups is 2. The molecule has 2 aliphatic heterocycles. The van der Waals surface area contributed by atoms with Crippen molar-refractivity contribution < 1.29 is 14.3 Å². The predicted octanol–water partition coefficient (Wildman–Crippen LogP) is 6.66. The average molecular weight is 561 g/mol. The number of hydrogen-bond acceptors (Lipinski definition) is 4. The molecule has 0 saturated heterocycles. The van der Waals surface area contributed by atoms with Gasteiger partial charge in [-0.2, -0.15) is 0 Å². The van der Waals surface area contributed by atoms with Crippen LogP contribution in [0.2, 0.25) is 10.0 Å². The molecule has 9 heteroatoms. The molecule has 0 radical (unpaired) electrons. The van der Waals surface area contributed by atoms with Crippen LogP contribution in [0.4, 0.5) is 17.1 Å². The molecule has 1 aromatic heterocycles. The Morgan fingerprint density at radius 2 is 1.69 bits per heavy atom. The lowest BCUT2D eigenvalue weighted by molar-refractivity contribution is -0.119. The lowest BCUT2D eigenvalue weighted by Gasteiger charge is -2.36. The molecular formula is C30H26Cl2N4O3. The van der Waals surface area contributed by atoms with Gasteiger partial charge in [-0.1, -0.05) is 49.2 Å². The van der Waals surface area contributed by atoms with Crippen LogP contribution in [0.15, 0.2) is 60.8 Å². The van der Waals surface area contributed by atoms with Gasteiger partial charge >= 0.3 is 0 Å². The summed E-state index contributed by atoms with van der Waals surface area (Å²) in [6.45, 7) is 5.96. The molecule has 0 saturated carbocycles. The molecule has 1 spiro atoms. The highest BCUT2D eigenvalue weighted by molar-refractivity contribution is 6.32. The molecular weight excluding hydrogens is 535 g/mol. The normalized spacial score (nSPS) is 17.7. The molecule has 6 rings (SSSR count). The second-order valence-electron chi connectivity index (χ2n) is 10.2. The number of carbonyl (C=O) groups excluding carboxylic acids is 2. The minimum Gasteiger partial charge on any atom is -0.495 e. The number of nitrogens with one attached hydrogen (secondary N) is 1. The van der Waals surface area contributed by atoms with E-state index >= 15 is 0 Å². The maximum absolute atomic E-state index is 14.5. The monoisotopic (exact) mass is 560 g/mol. The average Bonchev–Trinajstić information content (AvgIpc) is 3.49. The minimum absolute atomic E-state index is 0.0888. The summed E-state index contributed by atoms with van der Waals surface area (Å²) in [5, 5.41) is 3.95. The Hall–Kier alpha value is -3.94. The number of aromatic nitrogens is 1. The molecule has 7 nitrogen and oxygen atoms in total. The van der Waals surface area contributed by atoms with Gasteiger partial charge in [-0.25, -0.2) is 0 Å². The number of benzene rings is 3. The standard InChI is InChI=1S/C30H26Cl2N4O3/c1-15(2)27-26-20(14-35(27)24-13-19(33)8-10-25(24)39-4)28(37)36(23-12-18(32)6-5-16(23)3)30(26)21-9-7-17(31)11-22(21)34-29(30)38/h5-15H,33H2,1-4H3,(H,34,38)/t30-/m0/s1. The summed E-state index contributed by atoms with van der Waals surface area (Å²) >= 11 is 12.8. The molecule has 1 atom stereocenters. The molecule has 39 heavy (non-hydrogen) atoms. The third kappa shape index (κ3) is 3.43. The quantitative estimate of drug-likeness (QED) is 0.273. The van der Waals surface area contributed by atoms with Gasteiger partial charge in [0.05, 0.1) is 24.0 Å². The molecule has 0 fully saturated rings. The Morgan fingerprint density at radius 3 is 2.41 bits per heavy atom. The molecule has 3 heterocycles. The van der Waals surface area contributed by atoms with Gasteiger partial charge in [0.1, 0.15) is 5.75 Å². The smallest absolute Gasteiger partial charge is 0.261 e. The van der Waals surface area contributed by atoms with E-state index in [1.165, 1.54) is 0 Å². The number of nitrogens with zero attached hydrogens (tertiary/aromatic N) is 2. The van der Waals surface area contributed by atoms with E-state index in [0.29, 0.717) is 55.2 Å². The van der Waals surface area contributed by atoms with Crippen LogP contribution in [0, 0.1) is 6.92 Å². The minimum atomic E-state index is -1.49. The van der Waals surface area contributed by atoms with Gasteiger partial charge in [0.25, 0.3) is 11.8 Å². The highest BCUT2D eigenvalue weighted by Gasteiger charge is 2.63. The number of ether oxygens (including phenoxy) is 1. The van der Waals surface area contributed by atoms with Crippen molar-refractivity contribution in [3.8, 4) is 11.4 Å². The van der Waals surface area contributed by atoms with Crippen LogP contribution in [0.3, 0.4) is 0 Å². The summed E-state index contributed by atoms with van der Waals surface area (Å²) in [5.74, 6) is -0.150. The fraction of sp³-hybridized carbons (Fsp3) is 0.200. The zero-order valence-corrected chi connectivity index (χ0v) is 23.3. The number of amides is 2. The Balaban J connectivity index is 1.75. The van der Waals surface area contributed by atoms with Gasteiger partial charge in [-0.15, -0.1) is 0 Å². The Labute approximate surface area is 236 Å². The fourth-order valence-electron chi connectivity index (χ4n) is 5.96. The summed E-state index contributed by atoms with van der Waals surface area (Å²) in [5.41, 5.74) is 10.3. The Kier molecular flexibility index (Phi) is 5.72. The highest BCUT2D eigenvalue weighted by Crippen LogP contribution is 2.56. The van der Waals surface area contributed by atoms with Gasteiger partial charge in [-0.3, -0.25) is 14.5 Å². The summed E-state index contributed by atoms with van der Waals surface area (Å²) in [6, 6.07) is 16.0. The van der Waals surface area contributed by atoms with E-state index < -0.39 is 5.54 Å². The highest BCUT2D eigenvalue weighted by atomic mass is 35.5. The van der Waals surface area contributed by atoms with Crippen LogP contribution in [-0.4, -0.2) is 23.5 Å². The van der Waals surface area contributed by atoms with Gasteiger partial charge in [-0.05, 0) is 60.9 Å². The SMILES string of the molecule is COc1ccc(N)cc1-n1cc2c(c1C(C)C)[C@@]1(C(=O)Nc3cc(Cl)ccc31)N(c1cc(Cl)ccc1C)C2=O. The van der Waals surface area contributed by atoms with Crippen molar-refractivity contribution >= 4 is 52.1 Å². The van der Waals surface area contributed by atoms with Crippen molar-refractivity contribution in [3.63, 3.8) is 0 Å². The summed E-state index contributed by atoms with van der Waals surface area (Å²) in [4.78, 5) is 30.4. The van der Waals surface area contributed by atoms with E-state index in [-0.39, 0.29) is 17.7 Å². The van der Waals surface area contributed by atoms with E-state index in [1.54, 1.807) is 60.7 Å². The summed E-state index contributed by atoms with van der Waals surface area (Å²) in [7, 11) is 1.59. The number of hydrogen-bond donors (Lipinski definition) is 2. The topological polar surface area (TPSA) is 89.6 Å². The number of fused-ring (bicyclic) bond motifs is 4. The number of aryl methyl sites for hydroxylation is 1. The molecule has 0 aliphatic carbocycles. The van der Waals surface area contributed by atoms with Gasteiger partial charge < -0.3 is 20.4 Å². The maximum atomic E-state index is 14.5. The van der Waals surface area contributed by atoms with Crippen LogP contribution in [0.25, 0.3) is 5.69 Å². The lowest BCUT2D eigenvalue weighted by atomic mass is 9.81. The van der Waals surface area contributed by atoms with Crippen LogP contribution in [0.5, 0.6) is 5.75 Å². The lowest BCUT2D eigenvalue weighted by Crippen LogP contribution is -2.51. The summed E-state index contributed by atoms with van der Waals surface area (Å²) < 4.78 is 7.59. The number of halogens is 2. The van der Waals surface area contributed by atoms with Crippen molar-refractivity contribution in [2.24, 2.45) is 0 Å². The first-order valence-electron chi connectivity index (χ1n) is 12.5. The van der Waals surface area contributed by atoms with Crippen molar-refractivity contribution in [1.29, 1.82) is 0 Å². The second-order valence-corrected chi connectivity index (χ2v) is 11.1. The molecule has 4 aromatic rings. The van der Waals surface area contributed by atoms with E-state index in [4.69, 9.17) is 33.7 Å². The van der Waals surface area contributed by atoms with E-state index in [0.717, 1.165) is 11.3 Å². The molecule has 3 N–H and O–H groups in total. The van der Waals surface area contributed by atoms with Gasteiger partial charge in [0.2, 0.25) is 0 Å². The first-order chi connectivity index (χ1) is 18.6. The molecule has 0 unspecified atom stereocenters. The van der Waals surface area contributed by atoms with E-state index in [1.807, 2.05) is 37.5 Å². The van der Waals surface area contributed by atoms with Crippen LogP contribution in [-0.2, 0) is 10.3 Å². The van der Waals surface area contributed by atoms with Crippen LogP contribution in [0.1, 0.15) is 52.5 Å². The fourth-order valence-corrected chi connectivity index (χ4v) is 6.30. The second kappa shape index (κ2) is 8.79. The number of nitrogen functional groups attached to an aromatic ring is 1. The third-order valence-corrected chi connectivity index (χ3v) is 8.01. The zero-order chi connectivity index (χ0) is 27.8. The van der Waals surface area contributed by atoms with Gasteiger partial charge in [0, 0.05) is 44.4 Å².